The van der Waals surface area contributed by atoms with E-state index in [1.54, 1.807) is 36.4 Å². The Morgan fingerprint density at radius 1 is 1.09 bits per heavy atom. The van der Waals surface area contributed by atoms with Gasteiger partial charge in [0.25, 0.3) is 0 Å². The molecule has 1 N–H and O–H groups in total. The van der Waals surface area contributed by atoms with Gasteiger partial charge < -0.3 is 14.6 Å². The van der Waals surface area contributed by atoms with Gasteiger partial charge in [-0.2, -0.15) is 0 Å². The molecule has 4 nitrogen and oxygen atoms in total. The van der Waals surface area contributed by atoms with Crippen molar-refractivity contribution < 1.29 is 23.8 Å². The zero-order chi connectivity index (χ0) is 16.7. The van der Waals surface area contributed by atoms with Gasteiger partial charge in [0.1, 0.15) is 17.3 Å². The molecule has 0 unspecified atom stereocenters. The summed E-state index contributed by atoms with van der Waals surface area (Å²) in [5.41, 5.74) is 1.19. The van der Waals surface area contributed by atoms with E-state index in [1.807, 2.05) is 6.92 Å². The predicted octanol–water partition coefficient (Wildman–Crippen LogP) is 4.14. The van der Waals surface area contributed by atoms with Crippen molar-refractivity contribution in [1.29, 1.82) is 0 Å². The summed E-state index contributed by atoms with van der Waals surface area (Å²) in [5.74, 6) is 0.0931. The van der Waals surface area contributed by atoms with Crippen LogP contribution < -0.4 is 9.47 Å². The lowest BCUT2D eigenvalue weighted by Crippen LogP contribution is -2.01. The summed E-state index contributed by atoms with van der Waals surface area (Å²) in [6.07, 6.45) is 0.523. The molecule has 2 aromatic carbocycles. The average Bonchev–Trinajstić information content (AvgIpc) is 2.54. The molecular weight excluding hydrogens is 299 g/mol. The van der Waals surface area contributed by atoms with Crippen molar-refractivity contribution in [3.63, 3.8) is 0 Å². The standard InChI is InChI=1S/C18H19FO4/c1-2-22-15-9-10-17(19)16(12-15)13-5-7-14(8-6-13)23-11-3-4-18(20)21/h5-10,12H,2-4,11H2,1H3,(H,20,21). The minimum atomic E-state index is -0.839. The molecule has 23 heavy (non-hydrogen) atoms. The van der Waals surface area contributed by atoms with E-state index in [9.17, 15) is 9.18 Å². The number of carboxylic acids is 1. The molecule has 0 amide bonds. The van der Waals surface area contributed by atoms with E-state index in [4.69, 9.17) is 14.6 Å². The smallest absolute Gasteiger partial charge is 0.303 e. The fourth-order valence-electron chi connectivity index (χ4n) is 2.13. The fourth-order valence-corrected chi connectivity index (χ4v) is 2.13. The molecule has 0 fully saturated rings. The normalized spacial score (nSPS) is 10.3. The van der Waals surface area contributed by atoms with Crippen LogP contribution in [-0.2, 0) is 4.79 Å². The number of carbonyl (C=O) groups is 1. The summed E-state index contributed by atoms with van der Waals surface area (Å²) < 4.78 is 24.8. The number of hydrogen-bond donors (Lipinski definition) is 1. The molecule has 0 saturated heterocycles. The first-order chi connectivity index (χ1) is 11.1. The Hall–Kier alpha value is -2.56. The van der Waals surface area contributed by atoms with Gasteiger partial charge in [-0.3, -0.25) is 4.79 Å². The highest BCUT2D eigenvalue weighted by Crippen LogP contribution is 2.28. The van der Waals surface area contributed by atoms with Crippen LogP contribution in [0, 0.1) is 5.82 Å². The second kappa shape index (κ2) is 8.17. The Balaban J connectivity index is 2.04. The van der Waals surface area contributed by atoms with Crippen LogP contribution in [-0.4, -0.2) is 24.3 Å². The van der Waals surface area contributed by atoms with E-state index in [0.29, 0.717) is 36.7 Å². The van der Waals surface area contributed by atoms with Crippen LogP contribution >= 0.6 is 0 Å². The summed E-state index contributed by atoms with van der Waals surface area (Å²) in [7, 11) is 0. The molecule has 0 atom stereocenters. The highest BCUT2D eigenvalue weighted by Gasteiger charge is 2.07. The topological polar surface area (TPSA) is 55.8 Å². The summed E-state index contributed by atoms with van der Waals surface area (Å²) in [4.78, 5) is 10.4. The van der Waals surface area contributed by atoms with Crippen LogP contribution in [0.2, 0.25) is 0 Å². The fraction of sp³-hybridized carbons (Fsp3) is 0.278. The summed E-state index contributed by atoms with van der Waals surface area (Å²) >= 11 is 0. The Kier molecular flexibility index (Phi) is 5.97. The molecular formula is C18H19FO4. The molecule has 0 aliphatic carbocycles. The first-order valence-electron chi connectivity index (χ1n) is 7.47. The van der Waals surface area contributed by atoms with Crippen LogP contribution in [0.1, 0.15) is 19.8 Å². The third kappa shape index (κ3) is 4.98. The van der Waals surface area contributed by atoms with Crippen molar-refractivity contribution in [3.05, 3.63) is 48.3 Å². The second-order valence-electron chi connectivity index (χ2n) is 4.94. The third-order valence-corrected chi connectivity index (χ3v) is 3.22. The van der Waals surface area contributed by atoms with Gasteiger partial charge in [-0.05, 0) is 49.2 Å². The highest BCUT2D eigenvalue weighted by molar-refractivity contribution is 5.67. The molecule has 122 valence electrons. The van der Waals surface area contributed by atoms with Crippen LogP contribution in [0.5, 0.6) is 11.5 Å². The Morgan fingerprint density at radius 2 is 1.78 bits per heavy atom. The summed E-state index contributed by atoms with van der Waals surface area (Å²) in [6.45, 7) is 2.73. The first-order valence-corrected chi connectivity index (χ1v) is 7.47. The van der Waals surface area contributed by atoms with E-state index >= 15 is 0 Å². The van der Waals surface area contributed by atoms with Crippen LogP contribution in [0.15, 0.2) is 42.5 Å². The molecule has 0 bridgehead atoms. The molecule has 0 aliphatic heterocycles. The minimum absolute atomic E-state index is 0.0769. The van der Waals surface area contributed by atoms with Gasteiger partial charge in [-0.25, -0.2) is 4.39 Å². The van der Waals surface area contributed by atoms with Gasteiger partial charge in [0.05, 0.1) is 13.2 Å². The number of benzene rings is 2. The van der Waals surface area contributed by atoms with Crippen molar-refractivity contribution in [3.8, 4) is 22.6 Å². The number of aliphatic carboxylic acids is 1. The molecule has 2 rings (SSSR count). The van der Waals surface area contributed by atoms with Gasteiger partial charge in [0.2, 0.25) is 0 Å². The highest BCUT2D eigenvalue weighted by atomic mass is 19.1. The maximum Gasteiger partial charge on any atom is 0.303 e. The average molecular weight is 318 g/mol. The summed E-state index contributed by atoms with van der Waals surface area (Å²) in [5, 5.41) is 8.56. The number of halogens is 1. The molecule has 5 heteroatoms. The van der Waals surface area contributed by atoms with Crippen LogP contribution in [0.3, 0.4) is 0 Å². The molecule has 0 aromatic heterocycles. The predicted molar refractivity (Wildman–Crippen MR) is 85.4 cm³/mol. The number of ether oxygens (including phenoxy) is 2. The molecule has 0 saturated carbocycles. The van der Waals surface area contributed by atoms with Gasteiger partial charge in [-0.1, -0.05) is 12.1 Å². The van der Waals surface area contributed by atoms with Crippen molar-refractivity contribution in [2.45, 2.75) is 19.8 Å². The first kappa shape index (κ1) is 16.8. The van der Waals surface area contributed by atoms with Gasteiger partial charge in [0, 0.05) is 12.0 Å². The van der Waals surface area contributed by atoms with Crippen LogP contribution in [0.4, 0.5) is 4.39 Å². The second-order valence-corrected chi connectivity index (χ2v) is 4.94. The molecule has 0 radical (unpaired) electrons. The van der Waals surface area contributed by atoms with E-state index < -0.39 is 5.97 Å². The molecule has 2 aromatic rings. The number of rotatable bonds is 8. The largest absolute Gasteiger partial charge is 0.494 e. The minimum Gasteiger partial charge on any atom is -0.494 e. The maximum atomic E-state index is 14.0. The Bertz CT molecular complexity index is 653. The van der Waals surface area contributed by atoms with Crippen molar-refractivity contribution in [1.82, 2.24) is 0 Å². The SMILES string of the molecule is CCOc1ccc(F)c(-c2ccc(OCCCC(=O)O)cc2)c1. The van der Waals surface area contributed by atoms with Gasteiger partial charge in [-0.15, -0.1) is 0 Å². The van der Waals surface area contributed by atoms with Crippen molar-refractivity contribution >= 4 is 5.97 Å². The van der Waals surface area contributed by atoms with E-state index in [2.05, 4.69) is 0 Å². The lowest BCUT2D eigenvalue weighted by molar-refractivity contribution is -0.137. The van der Waals surface area contributed by atoms with Gasteiger partial charge in [0.15, 0.2) is 0 Å². The van der Waals surface area contributed by atoms with Crippen molar-refractivity contribution in [2.24, 2.45) is 0 Å². The number of carboxylic acid groups (broad SMARTS) is 1. The Morgan fingerprint density at radius 3 is 2.43 bits per heavy atom. The van der Waals surface area contributed by atoms with E-state index in [1.165, 1.54) is 6.07 Å². The molecule has 0 aliphatic rings. The summed E-state index contributed by atoms with van der Waals surface area (Å²) in [6, 6.07) is 11.7. The third-order valence-electron chi connectivity index (χ3n) is 3.22. The lowest BCUT2D eigenvalue weighted by atomic mass is 10.0. The van der Waals surface area contributed by atoms with Crippen molar-refractivity contribution in [2.75, 3.05) is 13.2 Å². The molecule has 0 spiro atoms. The zero-order valence-electron chi connectivity index (χ0n) is 12.9. The molecule has 0 heterocycles. The zero-order valence-corrected chi connectivity index (χ0v) is 12.9. The maximum absolute atomic E-state index is 14.0. The quantitative estimate of drug-likeness (QED) is 0.743. The van der Waals surface area contributed by atoms with Gasteiger partial charge >= 0.3 is 5.97 Å². The monoisotopic (exact) mass is 318 g/mol. The lowest BCUT2D eigenvalue weighted by Gasteiger charge is -2.09. The Labute approximate surface area is 134 Å². The van der Waals surface area contributed by atoms with E-state index in [-0.39, 0.29) is 12.2 Å². The number of hydrogen-bond acceptors (Lipinski definition) is 3. The van der Waals surface area contributed by atoms with E-state index in [0.717, 1.165) is 5.56 Å². The van der Waals surface area contributed by atoms with Crippen LogP contribution in [0.25, 0.3) is 11.1 Å².